The first kappa shape index (κ1) is 26.3. The Morgan fingerprint density at radius 3 is 1.83 bits per heavy atom. The lowest BCUT2D eigenvalue weighted by molar-refractivity contribution is 0.864. The van der Waals surface area contributed by atoms with Gasteiger partial charge in [0.05, 0.1) is 5.69 Å². The monoisotopic (exact) mass is 533 g/mol. The van der Waals surface area contributed by atoms with Crippen LogP contribution < -0.4 is 4.90 Å². The van der Waals surface area contributed by atoms with Crippen molar-refractivity contribution in [2.24, 2.45) is 0 Å². The highest BCUT2D eigenvalue weighted by molar-refractivity contribution is 5.80. The van der Waals surface area contributed by atoms with Gasteiger partial charge in [-0.1, -0.05) is 86.6 Å². The summed E-state index contributed by atoms with van der Waals surface area (Å²) in [6.07, 6.45) is 3.99. The van der Waals surface area contributed by atoms with E-state index in [0.717, 1.165) is 22.9 Å². The third-order valence-corrected chi connectivity index (χ3v) is 7.66. The standard InChI is InChI=1S/C38H35N3/c1-27(2)35-20-11-12-21-36(35)38-39-22-23-40(38)37-28(3)24-31(25-29(37)4)30-14-13-19-34(26-30)41(32-15-7-5-8-16-32)33-17-9-6-10-18-33/h5-27H,1-4H3. The van der Waals surface area contributed by atoms with Crippen LogP contribution in [-0.4, -0.2) is 9.55 Å². The maximum absolute atomic E-state index is 4.81. The highest BCUT2D eigenvalue weighted by Crippen LogP contribution is 2.38. The Bertz CT molecular complexity index is 1720. The van der Waals surface area contributed by atoms with Crippen molar-refractivity contribution in [3.8, 4) is 28.2 Å². The molecule has 41 heavy (non-hydrogen) atoms. The van der Waals surface area contributed by atoms with Crippen LogP contribution in [0.25, 0.3) is 28.2 Å². The van der Waals surface area contributed by atoms with E-state index in [-0.39, 0.29) is 0 Å². The van der Waals surface area contributed by atoms with Crippen LogP contribution in [-0.2, 0) is 0 Å². The van der Waals surface area contributed by atoms with Gasteiger partial charge >= 0.3 is 0 Å². The number of aryl methyl sites for hydroxylation is 2. The number of anilines is 3. The van der Waals surface area contributed by atoms with Crippen LogP contribution in [0.2, 0.25) is 0 Å². The van der Waals surface area contributed by atoms with E-state index < -0.39 is 0 Å². The molecule has 0 unspecified atom stereocenters. The summed E-state index contributed by atoms with van der Waals surface area (Å²) in [7, 11) is 0. The fourth-order valence-corrected chi connectivity index (χ4v) is 5.82. The quantitative estimate of drug-likeness (QED) is 0.203. The molecule has 0 N–H and O–H groups in total. The summed E-state index contributed by atoms with van der Waals surface area (Å²) in [4.78, 5) is 7.12. The Balaban J connectivity index is 1.42. The van der Waals surface area contributed by atoms with E-state index in [2.05, 4.69) is 165 Å². The predicted molar refractivity (Wildman–Crippen MR) is 173 cm³/mol. The smallest absolute Gasteiger partial charge is 0.144 e. The minimum absolute atomic E-state index is 0.416. The average Bonchev–Trinajstić information content (AvgIpc) is 3.47. The Hall–Kier alpha value is -4.89. The summed E-state index contributed by atoms with van der Waals surface area (Å²) in [5.41, 5.74) is 11.9. The fraction of sp³-hybridized carbons (Fsp3) is 0.132. The van der Waals surface area contributed by atoms with Crippen molar-refractivity contribution in [2.45, 2.75) is 33.6 Å². The molecule has 5 aromatic carbocycles. The molecular weight excluding hydrogens is 498 g/mol. The van der Waals surface area contributed by atoms with Gasteiger partial charge in [-0.3, -0.25) is 4.57 Å². The van der Waals surface area contributed by atoms with Crippen molar-refractivity contribution < 1.29 is 0 Å². The second-order valence-corrected chi connectivity index (χ2v) is 10.9. The predicted octanol–water partition coefficient (Wildman–Crippen LogP) is 10.4. The van der Waals surface area contributed by atoms with Gasteiger partial charge in [-0.05, 0) is 96.1 Å². The Morgan fingerprint density at radius 2 is 1.20 bits per heavy atom. The van der Waals surface area contributed by atoms with Crippen molar-refractivity contribution in [1.82, 2.24) is 9.55 Å². The minimum Gasteiger partial charge on any atom is -0.310 e. The van der Waals surface area contributed by atoms with Gasteiger partial charge < -0.3 is 4.90 Å². The molecule has 202 valence electrons. The highest BCUT2D eigenvalue weighted by Gasteiger charge is 2.18. The fourth-order valence-electron chi connectivity index (χ4n) is 5.82. The number of hydrogen-bond donors (Lipinski definition) is 0. The van der Waals surface area contributed by atoms with Crippen LogP contribution in [0, 0.1) is 13.8 Å². The molecule has 0 radical (unpaired) electrons. The Kier molecular flexibility index (Phi) is 7.26. The van der Waals surface area contributed by atoms with Gasteiger partial charge in [0.25, 0.3) is 0 Å². The lowest BCUT2D eigenvalue weighted by atomic mass is 9.96. The number of rotatable bonds is 7. The third-order valence-electron chi connectivity index (χ3n) is 7.66. The summed E-state index contributed by atoms with van der Waals surface area (Å²) in [5.74, 6) is 1.40. The second kappa shape index (κ2) is 11.3. The van der Waals surface area contributed by atoms with Gasteiger partial charge in [0.2, 0.25) is 0 Å². The van der Waals surface area contributed by atoms with Gasteiger partial charge in [-0.15, -0.1) is 0 Å². The molecule has 1 aromatic heterocycles. The molecule has 3 nitrogen and oxygen atoms in total. The third kappa shape index (κ3) is 5.19. The second-order valence-electron chi connectivity index (χ2n) is 10.9. The number of hydrogen-bond acceptors (Lipinski definition) is 2. The molecule has 0 bridgehead atoms. The molecular formula is C38H35N3. The number of aromatic nitrogens is 2. The number of benzene rings is 5. The maximum Gasteiger partial charge on any atom is 0.144 e. The van der Waals surface area contributed by atoms with Crippen LogP contribution in [0.4, 0.5) is 17.1 Å². The molecule has 0 spiro atoms. The molecule has 0 saturated heterocycles. The Labute approximate surface area is 243 Å². The van der Waals surface area contributed by atoms with E-state index in [1.165, 1.54) is 39.1 Å². The molecule has 0 atom stereocenters. The van der Waals surface area contributed by atoms with Crippen LogP contribution in [0.5, 0.6) is 0 Å². The minimum atomic E-state index is 0.416. The first-order valence-electron chi connectivity index (χ1n) is 14.3. The molecule has 3 heteroatoms. The summed E-state index contributed by atoms with van der Waals surface area (Å²) in [6, 6.07) is 43.1. The molecule has 0 saturated carbocycles. The van der Waals surface area contributed by atoms with E-state index in [1.54, 1.807) is 0 Å². The number of para-hydroxylation sites is 2. The van der Waals surface area contributed by atoms with Crippen LogP contribution >= 0.6 is 0 Å². The van der Waals surface area contributed by atoms with E-state index in [0.29, 0.717) is 5.92 Å². The SMILES string of the molecule is Cc1cc(-c2cccc(N(c3ccccc3)c3ccccc3)c2)cc(C)c1-n1ccnc1-c1ccccc1C(C)C. The summed E-state index contributed by atoms with van der Waals surface area (Å²) >= 11 is 0. The van der Waals surface area contributed by atoms with Crippen molar-refractivity contribution in [3.63, 3.8) is 0 Å². The molecule has 0 fully saturated rings. The van der Waals surface area contributed by atoms with Crippen LogP contribution in [0.15, 0.2) is 134 Å². The first-order chi connectivity index (χ1) is 20.0. The van der Waals surface area contributed by atoms with Gasteiger partial charge in [-0.2, -0.15) is 0 Å². The van der Waals surface area contributed by atoms with Crippen molar-refractivity contribution in [3.05, 3.63) is 150 Å². The lowest BCUT2D eigenvalue weighted by Crippen LogP contribution is -2.09. The van der Waals surface area contributed by atoms with Gasteiger partial charge in [0.1, 0.15) is 5.82 Å². The summed E-state index contributed by atoms with van der Waals surface area (Å²) in [5, 5.41) is 0. The molecule has 6 rings (SSSR count). The number of nitrogens with zero attached hydrogens (tertiary/aromatic N) is 3. The molecule has 6 aromatic rings. The molecule has 1 heterocycles. The maximum atomic E-state index is 4.81. The average molecular weight is 534 g/mol. The van der Waals surface area contributed by atoms with Crippen molar-refractivity contribution in [1.29, 1.82) is 0 Å². The molecule has 0 aliphatic carbocycles. The van der Waals surface area contributed by atoms with Crippen LogP contribution in [0.3, 0.4) is 0 Å². The Morgan fingerprint density at radius 1 is 0.610 bits per heavy atom. The molecule has 0 aliphatic rings. The molecule has 0 amide bonds. The van der Waals surface area contributed by atoms with E-state index in [4.69, 9.17) is 4.98 Å². The van der Waals surface area contributed by atoms with Gasteiger partial charge in [-0.25, -0.2) is 4.98 Å². The zero-order valence-electron chi connectivity index (χ0n) is 24.1. The van der Waals surface area contributed by atoms with Crippen molar-refractivity contribution >= 4 is 17.1 Å². The molecule has 0 aliphatic heterocycles. The van der Waals surface area contributed by atoms with E-state index in [1.807, 2.05) is 6.20 Å². The summed E-state index contributed by atoms with van der Waals surface area (Å²) < 4.78 is 2.25. The topological polar surface area (TPSA) is 21.1 Å². The number of imidazole rings is 1. The zero-order chi connectivity index (χ0) is 28.3. The summed E-state index contributed by atoms with van der Waals surface area (Å²) in [6.45, 7) is 8.88. The largest absolute Gasteiger partial charge is 0.310 e. The first-order valence-corrected chi connectivity index (χ1v) is 14.3. The highest BCUT2D eigenvalue weighted by atomic mass is 15.1. The van der Waals surface area contributed by atoms with Crippen molar-refractivity contribution in [2.75, 3.05) is 4.90 Å². The van der Waals surface area contributed by atoms with Gasteiger partial charge in [0, 0.05) is 35.0 Å². The van der Waals surface area contributed by atoms with Crippen LogP contribution in [0.1, 0.15) is 36.5 Å². The van der Waals surface area contributed by atoms with E-state index in [9.17, 15) is 0 Å². The zero-order valence-corrected chi connectivity index (χ0v) is 24.1. The lowest BCUT2D eigenvalue weighted by Gasteiger charge is -2.26. The van der Waals surface area contributed by atoms with Gasteiger partial charge in [0.15, 0.2) is 0 Å². The normalized spacial score (nSPS) is 11.1. The van der Waals surface area contributed by atoms with E-state index >= 15 is 0 Å².